The number of benzene rings is 1. The van der Waals surface area contributed by atoms with Gasteiger partial charge in [-0.3, -0.25) is 4.98 Å². The molecule has 2 aromatic rings. The van der Waals surface area contributed by atoms with Crippen molar-refractivity contribution in [3.05, 3.63) is 42.1 Å². The fourth-order valence-electron chi connectivity index (χ4n) is 1.98. The minimum absolute atomic E-state index is 0.380. The first kappa shape index (κ1) is 8.48. The molecule has 0 saturated carbocycles. The number of fused-ring (bicyclic) bond motifs is 3. The van der Waals surface area contributed by atoms with E-state index in [0.717, 1.165) is 11.2 Å². The highest BCUT2D eigenvalue weighted by Crippen LogP contribution is 2.29. The number of rotatable bonds is 0. The Bertz CT molecular complexity index is 543. The molecule has 0 radical (unpaired) electrons. The zero-order chi connectivity index (χ0) is 10.3. The van der Waals surface area contributed by atoms with Crippen molar-refractivity contribution >= 4 is 22.7 Å². The summed E-state index contributed by atoms with van der Waals surface area (Å²) in [5.74, 6) is 0. The predicted molar refractivity (Wildman–Crippen MR) is 63.9 cm³/mol. The van der Waals surface area contributed by atoms with Crippen molar-refractivity contribution in [1.29, 1.82) is 0 Å². The summed E-state index contributed by atoms with van der Waals surface area (Å²) in [7, 11) is 0. The summed E-state index contributed by atoms with van der Waals surface area (Å²) in [6.07, 6.45) is 6.16. The van der Waals surface area contributed by atoms with Gasteiger partial charge in [0.1, 0.15) is 0 Å². The van der Waals surface area contributed by atoms with Crippen LogP contribution in [-0.2, 0) is 0 Å². The molecule has 0 bridgehead atoms. The lowest BCUT2D eigenvalue weighted by Gasteiger charge is -2.20. The minimum Gasteiger partial charge on any atom is -0.377 e. The normalized spacial score (nSPS) is 18.6. The molecule has 0 aliphatic carbocycles. The molecule has 15 heavy (non-hydrogen) atoms. The number of aromatic nitrogens is 1. The topological polar surface area (TPSA) is 24.9 Å². The van der Waals surface area contributed by atoms with Gasteiger partial charge >= 0.3 is 0 Å². The molecular weight excluding hydrogens is 184 g/mol. The van der Waals surface area contributed by atoms with E-state index >= 15 is 0 Å². The van der Waals surface area contributed by atoms with Gasteiger partial charge in [0, 0.05) is 17.6 Å². The Hall–Kier alpha value is -1.83. The van der Waals surface area contributed by atoms with Crippen molar-refractivity contribution in [1.82, 2.24) is 4.98 Å². The predicted octanol–water partition coefficient (Wildman–Crippen LogP) is 3.06. The van der Waals surface area contributed by atoms with E-state index in [1.165, 1.54) is 10.9 Å². The van der Waals surface area contributed by atoms with Gasteiger partial charge in [-0.15, -0.1) is 0 Å². The van der Waals surface area contributed by atoms with E-state index in [0.29, 0.717) is 6.04 Å². The third kappa shape index (κ3) is 1.30. The van der Waals surface area contributed by atoms with Gasteiger partial charge in [-0.2, -0.15) is 0 Å². The van der Waals surface area contributed by atoms with Crippen molar-refractivity contribution in [2.24, 2.45) is 0 Å². The van der Waals surface area contributed by atoms with Gasteiger partial charge in [-0.05, 0) is 18.6 Å². The van der Waals surface area contributed by atoms with E-state index in [2.05, 4.69) is 47.6 Å². The minimum atomic E-state index is 0.380. The molecule has 1 unspecified atom stereocenters. The van der Waals surface area contributed by atoms with Crippen molar-refractivity contribution < 1.29 is 0 Å². The molecule has 0 fully saturated rings. The van der Waals surface area contributed by atoms with Gasteiger partial charge in [-0.25, -0.2) is 0 Å². The van der Waals surface area contributed by atoms with Gasteiger partial charge in [0.2, 0.25) is 0 Å². The SMILES string of the molecule is CC1C=Cc2ccc3cccnc3c2N1. The number of hydrogen-bond acceptors (Lipinski definition) is 2. The first-order chi connectivity index (χ1) is 7.34. The maximum atomic E-state index is 4.43. The maximum absolute atomic E-state index is 4.43. The zero-order valence-electron chi connectivity index (χ0n) is 8.57. The van der Waals surface area contributed by atoms with Gasteiger partial charge in [-0.1, -0.05) is 30.4 Å². The van der Waals surface area contributed by atoms with Crippen molar-refractivity contribution in [2.45, 2.75) is 13.0 Å². The van der Waals surface area contributed by atoms with Crippen LogP contribution in [0.4, 0.5) is 5.69 Å². The quantitative estimate of drug-likeness (QED) is 0.700. The Morgan fingerprint density at radius 1 is 1.27 bits per heavy atom. The molecule has 2 nitrogen and oxygen atoms in total. The highest BCUT2D eigenvalue weighted by Gasteiger charge is 2.11. The van der Waals surface area contributed by atoms with Crippen LogP contribution < -0.4 is 5.32 Å². The monoisotopic (exact) mass is 196 g/mol. The number of nitrogens with zero attached hydrogens (tertiary/aromatic N) is 1. The zero-order valence-corrected chi connectivity index (χ0v) is 8.57. The average molecular weight is 196 g/mol. The molecule has 1 atom stereocenters. The molecule has 2 heterocycles. The summed E-state index contributed by atoms with van der Waals surface area (Å²) in [5.41, 5.74) is 3.44. The molecule has 0 amide bonds. The molecule has 1 N–H and O–H groups in total. The van der Waals surface area contributed by atoms with Crippen LogP contribution in [-0.4, -0.2) is 11.0 Å². The van der Waals surface area contributed by atoms with E-state index in [9.17, 15) is 0 Å². The summed E-state index contributed by atoms with van der Waals surface area (Å²) in [4.78, 5) is 4.43. The standard InChI is InChI=1S/C13H12N2/c1-9-4-5-11-7-6-10-3-2-8-14-12(10)13(11)15-9/h2-9,15H,1H3. The molecule has 1 aliphatic heterocycles. The van der Waals surface area contributed by atoms with Crippen LogP contribution in [0.1, 0.15) is 12.5 Å². The van der Waals surface area contributed by atoms with Crippen LogP contribution in [0.3, 0.4) is 0 Å². The average Bonchev–Trinajstić information content (AvgIpc) is 2.29. The third-order valence-corrected chi connectivity index (χ3v) is 2.74. The Morgan fingerprint density at radius 3 is 3.13 bits per heavy atom. The Kier molecular flexibility index (Phi) is 1.75. The summed E-state index contributed by atoms with van der Waals surface area (Å²) >= 11 is 0. The molecule has 3 rings (SSSR count). The largest absolute Gasteiger partial charge is 0.377 e. The second-order valence-corrected chi connectivity index (χ2v) is 3.90. The van der Waals surface area contributed by atoms with Crippen molar-refractivity contribution in [3.8, 4) is 0 Å². The Balaban J connectivity index is 2.34. The number of pyridine rings is 1. The van der Waals surface area contributed by atoms with E-state index in [1.54, 1.807) is 0 Å². The third-order valence-electron chi connectivity index (χ3n) is 2.74. The van der Waals surface area contributed by atoms with E-state index in [-0.39, 0.29) is 0 Å². The van der Waals surface area contributed by atoms with Crippen LogP contribution in [0.25, 0.3) is 17.0 Å². The van der Waals surface area contributed by atoms with Crippen LogP contribution in [0.2, 0.25) is 0 Å². The lowest BCUT2D eigenvalue weighted by atomic mass is 10.0. The molecule has 1 aromatic carbocycles. The highest BCUT2D eigenvalue weighted by molar-refractivity contribution is 5.96. The second kappa shape index (κ2) is 3.09. The highest BCUT2D eigenvalue weighted by atomic mass is 14.9. The molecule has 0 spiro atoms. The van der Waals surface area contributed by atoms with Gasteiger partial charge in [0.15, 0.2) is 0 Å². The molecule has 74 valence electrons. The molecule has 1 aliphatic rings. The number of anilines is 1. The van der Waals surface area contributed by atoms with Crippen molar-refractivity contribution in [3.63, 3.8) is 0 Å². The second-order valence-electron chi connectivity index (χ2n) is 3.90. The molecule has 2 heteroatoms. The first-order valence-electron chi connectivity index (χ1n) is 5.17. The van der Waals surface area contributed by atoms with Crippen LogP contribution in [0.15, 0.2) is 36.5 Å². The summed E-state index contributed by atoms with van der Waals surface area (Å²) in [6.45, 7) is 2.14. The first-order valence-corrected chi connectivity index (χ1v) is 5.17. The maximum Gasteiger partial charge on any atom is 0.0939 e. The number of hydrogen-bond donors (Lipinski definition) is 1. The van der Waals surface area contributed by atoms with Crippen LogP contribution in [0.5, 0.6) is 0 Å². The van der Waals surface area contributed by atoms with Gasteiger partial charge in [0.05, 0.1) is 11.2 Å². The molecular formula is C13H12N2. The smallest absolute Gasteiger partial charge is 0.0939 e. The Morgan fingerprint density at radius 2 is 2.20 bits per heavy atom. The molecule has 1 aromatic heterocycles. The van der Waals surface area contributed by atoms with E-state index < -0.39 is 0 Å². The lowest BCUT2D eigenvalue weighted by molar-refractivity contribution is 0.994. The fourth-order valence-corrected chi connectivity index (χ4v) is 1.98. The lowest BCUT2D eigenvalue weighted by Crippen LogP contribution is -2.16. The summed E-state index contributed by atoms with van der Waals surface area (Å²) in [6, 6.07) is 8.69. The summed E-state index contributed by atoms with van der Waals surface area (Å²) < 4.78 is 0. The van der Waals surface area contributed by atoms with Crippen LogP contribution >= 0.6 is 0 Å². The van der Waals surface area contributed by atoms with Gasteiger partial charge < -0.3 is 5.32 Å². The number of nitrogens with one attached hydrogen (secondary N) is 1. The van der Waals surface area contributed by atoms with E-state index in [1.807, 2.05) is 12.3 Å². The van der Waals surface area contributed by atoms with Crippen molar-refractivity contribution in [2.75, 3.05) is 5.32 Å². The summed E-state index contributed by atoms with van der Waals surface area (Å²) in [5, 5.41) is 4.64. The van der Waals surface area contributed by atoms with Gasteiger partial charge in [0.25, 0.3) is 0 Å². The Labute approximate surface area is 88.6 Å². The fraction of sp³-hybridized carbons (Fsp3) is 0.154. The van der Waals surface area contributed by atoms with E-state index in [4.69, 9.17) is 0 Å². The molecule has 0 saturated heterocycles. The van der Waals surface area contributed by atoms with Crippen LogP contribution in [0, 0.1) is 0 Å².